The van der Waals surface area contributed by atoms with Gasteiger partial charge in [0.15, 0.2) is 5.82 Å². The van der Waals surface area contributed by atoms with Crippen molar-refractivity contribution < 1.29 is 24.2 Å². The van der Waals surface area contributed by atoms with Crippen molar-refractivity contribution in [1.82, 2.24) is 9.36 Å². The van der Waals surface area contributed by atoms with Gasteiger partial charge in [0.05, 0.1) is 25.5 Å². The summed E-state index contributed by atoms with van der Waals surface area (Å²) in [5.74, 6) is 0.0224. The number of carbonyl (C=O) groups excluding carboxylic acids is 1. The third-order valence-corrected chi connectivity index (χ3v) is 4.83. The Morgan fingerprint density at radius 3 is 2.77 bits per heavy atom. The number of carboxylic acid groups (broad SMARTS) is 1. The van der Waals surface area contributed by atoms with Crippen LogP contribution in [-0.2, 0) is 16.0 Å². The Hall–Kier alpha value is -2.92. The number of nitrogens with one attached hydrogen (secondary N) is 2. The van der Waals surface area contributed by atoms with E-state index in [1.165, 1.54) is 0 Å². The summed E-state index contributed by atoms with van der Waals surface area (Å²) in [5.41, 5.74) is 1.53. The molecule has 0 saturated carbocycles. The lowest BCUT2D eigenvalue weighted by atomic mass is 10.2. The van der Waals surface area contributed by atoms with E-state index in [4.69, 9.17) is 14.6 Å². The van der Waals surface area contributed by atoms with Gasteiger partial charge in [0.2, 0.25) is 5.13 Å². The molecule has 0 bridgehead atoms. The van der Waals surface area contributed by atoms with Gasteiger partial charge in [-0.3, -0.25) is 10.1 Å². The Bertz CT molecular complexity index is 882. The van der Waals surface area contributed by atoms with E-state index >= 15 is 0 Å². The second-order valence-corrected chi connectivity index (χ2v) is 7.90. The van der Waals surface area contributed by atoms with Crippen LogP contribution in [-0.4, -0.2) is 59.4 Å². The molecule has 1 aliphatic heterocycles. The fourth-order valence-electron chi connectivity index (χ4n) is 2.77. The molecule has 0 unspecified atom stereocenters. The lowest BCUT2D eigenvalue weighted by molar-refractivity contribution is -0.136. The molecule has 30 heavy (non-hydrogen) atoms. The van der Waals surface area contributed by atoms with Crippen LogP contribution in [0, 0.1) is 5.92 Å². The maximum atomic E-state index is 12.4. The number of benzene rings is 1. The van der Waals surface area contributed by atoms with Gasteiger partial charge in [-0.2, -0.15) is 4.37 Å². The van der Waals surface area contributed by atoms with Crippen LogP contribution in [0.2, 0.25) is 0 Å². The highest BCUT2D eigenvalue weighted by molar-refractivity contribution is 7.09. The largest absolute Gasteiger partial charge is 0.491 e. The number of anilines is 3. The highest BCUT2D eigenvalue weighted by Gasteiger charge is 2.16. The lowest BCUT2D eigenvalue weighted by Crippen LogP contribution is -2.36. The van der Waals surface area contributed by atoms with Crippen molar-refractivity contribution >= 4 is 40.0 Å². The molecule has 2 aromatic rings. The highest BCUT2D eigenvalue weighted by Crippen LogP contribution is 2.31. The first-order chi connectivity index (χ1) is 14.4. The molecule has 3 N–H and O–H groups in total. The van der Waals surface area contributed by atoms with Gasteiger partial charge in [0, 0.05) is 36.4 Å². The third-order valence-electron chi connectivity index (χ3n) is 4.16. The number of rotatable bonds is 8. The van der Waals surface area contributed by atoms with E-state index in [2.05, 4.69) is 38.7 Å². The number of aliphatic carboxylic acids is 1. The predicted octanol–water partition coefficient (Wildman–Crippen LogP) is 2.68. The van der Waals surface area contributed by atoms with E-state index in [-0.39, 0.29) is 17.4 Å². The predicted molar refractivity (Wildman–Crippen MR) is 114 cm³/mol. The van der Waals surface area contributed by atoms with Crippen molar-refractivity contribution in [1.29, 1.82) is 0 Å². The van der Waals surface area contributed by atoms with Gasteiger partial charge in [-0.05, 0) is 18.1 Å². The second kappa shape index (κ2) is 10.2. The SMILES string of the molecule is CC(C)COc1cc(N2CCOCC2)ccc1NC(=O)Nc1nc(CC(=O)O)ns1. The van der Waals surface area contributed by atoms with Gasteiger partial charge in [-0.1, -0.05) is 13.8 Å². The molecule has 1 fully saturated rings. The zero-order valence-corrected chi connectivity index (χ0v) is 17.7. The van der Waals surface area contributed by atoms with Gasteiger partial charge in [-0.25, -0.2) is 9.78 Å². The molecule has 1 aromatic carbocycles. The number of carbonyl (C=O) groups is 2. The minimum atomic E-state index is -1.03. The Kier molecular flexibility index (Phi) is 7.41. The van der Waals surface area contributed by atoms with Gasteiger partial charge >= 0.3 is 12.0 Å². The fourth-order valence-corrected chi connectivity index (χ4v) is 3.35. The molecule has 0 aliphatic carbocycles. The van der Waals surface area contributed by atoms with Gasteiger partial charge < -0.3 is 24.8 Å². The average Bonchev–Trinajstić information content (AvgIpc) is 3.13. The number of carboxylic acids is 1. The third kappa shape index (κ3) is 6.29. The molecule has 10 nitrogen and oxygen atoms in total. The van der Waals surface area contributed by atoms with Crippen molar-refractivity contribution in [3.05, 3.63) is 24.0 Å². The molecular weight excluding hydrogens is 410 g/mol. The molecule has 1 aromatic heterocycles. The minimum absolute atomic E-state index is 0.151. The van der Waals surface area contributed by atoms with Crippen molar-refractivity contribution in [2.75, 3.05) is 48.4 Å². The number of ether oxygens (including phenoxy) is 2. The summed E-state index contributed by atoms with van der Waals surface area (Å²) in [6.07, 6.45) is -0.296. The Labute approximate surface area is 178 Å². The van der Waals surface area contributed by atoms with E-state index in [1.807, 2.05) is 12.1 Å². The molecule has 2 amide bonds. The molecule has 0 spiro atoms. The van der Waals surface area contributed by atoms with Crippen LogP contribution in [0.5, 0.6) is 5.75 Å². The summed E-state index contributed by atoms with van der Waals surface area (Å²) < 4.78 is 15.3. The van der Waals surface area contributed by atoms with E-state index < -0.39 is 12.0 Å². The molecule has 162 valence electrons. The summed E-state index contributed by atoms with van der Waals surface area (Å²) in [7, 11) is 0. The number of urea groups is 1. The van der Waals surface area contributed by atoms with E-state index in [0.29, 0.717) is 37.2 Å². The molecule has 2 heterocycles. The smallest absolute Gasteiger partial charge is 0.325 e. The van der Waals surface area contributed by atoms with Gasteiger partial charge in [-0.15, -0.1) is 0 Å². The monoisotopic (exact) mass is 435 g/mol. The van der Waals surface area contributed by atoms with Crippen LogP contribution in [0.25, 0.3) is 0 Å². The number of morpholine rings is 1. The maximum absolute atomic E-state index is 12.4. The van der Waals surface area contributed by atoms with Gasteiger partial charge in [0.25, 0.3) is 0 Å². The summed E-state index contributed by atoms with van der Waals surface area (Å²) in [6.45, 7) is 7.56. The fraction of sp³-hybridized carbons (Fsp3) is 0.474. The Morgan fingerprint density at radius 2 is 2.07 bits per heavy atom. The molecule has 1 aliphatic rings. The average molecular weight is 436 g/mol. The molecule has 11 heteroatoms. The Balaban J connectivity index is 1.70. The second-order valence-electron chi connectivity index (χ2n) is 7.15. The van der Waals surface area contributed by atoms with Crippen LogP contribution in [0.15, 0.2) is 18.2 Å². The summed E-state index contributed by atoms with van der Waals surface area (Å²) in [4.78, 5) is 29.3. The number of nitrogens with zero attached hydrogens (tertiary/aromatic N) is 3. The Morgan fingerprint density at radius 1 is 1.30 bits per heavy atom. The zero-order chi connectivity index (χ0) is 21.5. The summed E-state index contributed by atoms with van der Waals surface area (Å²) >= 11 is 0.924. The molecular formula is C19H25N5O5S. The summed E-state index contributed by atoms with van der Waals surface area (Å²) in [6, 6.07) is 5.13. The highest BCUT2D eigenvalue weighted by atomic mass is 32.1. The molecule has 1 saturated heterocycles. The number of amides is 2. The van der Waals surface area contributed by atoms with Crippen molar-refractivity contribution in [3.63, 3.8) is 0 Å². The minimum Gasteiger partial charge on any atom is -0.491 e. The molecule has 0 atom stereocenters. The van der Waals surface area contributed by atoms with Crippen molar-refractivity contribution in [2.24, 2.45) is 5.92 Å². The van der Waals surface area contributed by atoms with Gasteiger partial charge in [0.1, 0.15) is 12.2 Å². The van der Waals surface area contributed by atoms with Crippen LogP contribution in [0.3, 0.4) is 0 Å². The van der Waals surface area contributed by atoms with E-state index in [1.54, 1.807) is 6.07 Å². The van der Waals surface area contributed by atoms with Crippen LogP contribution < -0.4 is 20.3 Å². The first-order valence-electron chi connectivity index (χ1n) is 9.62. The summed E-state index contributed by atoms with van der Waals surface area (Å²) in [5, 5.41) is 14.4. The van der Waals surface area contributed by atoms with E-state index in [0.717, 1.165) is 30.3 Å². The van der Waals surface area contributed by atoms with Crippen molar-refractivity contribution in [2.45, 2.75) is 20.3 Å². The van der Waals surface area contributed by atoms with E-state index in [9.17, 15) is 9.59 Å². The first-order valence-corrected chi connectivity index (χ1v) is 10.4. The molecule has 0 radical (unpaired) electrons. The van der Waals surface area contributed by atoms with Crippen LogP contribution >= 0.6 is 11.5 Å². The van der Waals surface area contributed by atoms with Crippen LogP contribution in [0.4, 0.5) is 21.3 Å². The standard InChI is InChI=1S/C19H25N5O5S/c1-12(2)11-29-15-9-13(24-5-7-28-8-6-24)3-4-14(15)20-18(27)22-19-21-16(23-30-19)10-17(25)26/h3-4,9,12H,5-8,10-11H2,1-2H3,(H,25,26)(H2,20,21,22,23,27). The quantitative estimate of drug-likeness (QED) is 0.578. The zero-order valence-electron chi connectivity index (χ0n) is 16.9. The maximum Gasteiger partial charge on any atom is 0.325 e. The topological polar surface area (TPSA) is 126 Å². The van der Waals surface area contributed by atoms with Crippen molar-refractivity contribution in [3.8, 4) is 5.75 Å². The normalized spacial score (nSPS) is 13.9. The molecule has 3 rings (SSSR count). The van der Waals surface area contributed by atoms with Crippen LogP contribution in [0.1, 0.15) is 19.7 Å². The number of aromatic nitrogens is 2. The number of hydrogen-bond acceptors (Lipinski definition) is 8. The lowest BCUT2D eigenvalue weighted by Gasteiger charge is -2.29. The number of hydrogen-bond donors (Lipinski definition) is 3. The first kappa shape index (κ1) is 21.8.